The third-order valence-electron chi connectivity index (χ3n) is 6.86. The van der Waals surface area contributed by atoms with Gasteiger partial charge in [-0.2, -0.15) is 0 Å². The molecule has 5 aromatic rings. The van der Waals surface area contributed by atoms with Crippen LogP contribution in [0.5, 0.6) is 0 Å². The molecule has 0 radical (unpaired) electrons. The molecule has 1 fully saturated rings. The van der Waals surface area contributed by atoms with Crippen molar-refractivity contribution in [2.24, 2.45) is 0 Å². The smallest absolute Gasteiger partial charge is 0.266 e. The summed E-state index contributed by atoms with van der Waals surface area (Å²) in [5, 5.41) is 1.60. The lowest BCUT2D eigenvalue weighted by Crippen LogP contribution is -2.35. The van der Waals surface area contributed by atoms with Crippen LogP contribution in [0.4, 0.5) is 5.00 Å². The van der Waals surface area contributed by atoms with Gasteiger partial charge in [-0.15, -0.1) is 11.3 Å². The van der Waals surface area contributed by atoms with E-state index in [4.69, 9.17) is 9.72 Å². The Kier molecular flexibility index (Phi) is 6.58. The average molecular weight is 558 g/mol. The van der Waals surface area contributed by atoms with Crippen LogP contribution >= 0.6 is 11.3 Å². The SMILES string of the molecule is Cc1cccc(-n2c(-c3cc(-c4ccc(S(C)(=O)=O)cc4)c(N4CCOCC4)s3)nc3ccccc3c2=O)c1. The minimum Gasteiger partial charge on any atom is -0.378 e. The predicted molar refractivity (Wildman–Crippen MR) is 157 cm³/mol. The third-order valence-corrected chi connectivity index (χ3v) is 9.18. The summed E-state index contributed by atoms with van der Waals surface area (Å²) in [4.78, 5) is 22.3. The Labute approximate surface area is 230 Å². The van der Waals surface area contributed by atoms with E-state index in [1.54, 1.807) is 28.0 Å². The summed E-state index contributed by atoms with van der Waals surface area (Å²) < 4.78 is 31.4. The van der Waals surface area contributed by atoms with Crippen LogP contribution in [0, 0.1) is 6.92 Å². The van der Waals surface area contributed by atoms with Gasteiger partial charge < -0.3 is 9.64 Å². The van der Waals surface area contributed by atoms with Gasteiger partial charge in [-0.05, 0) is 60.5 Å². The molecule has 198 valence electrons. The third kappa shape index (κ3) is 4.89. The first-order valence-corrected chi connectivity index (χ1v) is 15.4. The second kappa shape index (κ2) is 10.1. The van der Waals surface area contributed by atoms with Crippen molar-refractivity contribution in [3.63, 3.8) is 0 Å². The van der Waals surface area contributed by atoms with Crippen molar-refractivity contribution in [3.8, 4) is 27.5 Å². The molecule has 39 heavy (non-hydrogen) atoms. The molecule has 1 saturated heterocycles. The molecule has 0 atom stereocenters. The Morgan fingerprint density at radius 2 is 1.67 bits per heavy atom. The first-order chi connectivity index (χ1) is 18.8. The fourth-order valence-corrected chi connectivity index (χ4v) is 6.73. The maximum absolute atomic E-state index is 13.9. The molecule has 7 nitrogen and oxygen atoms in total. The first-order valence-electron chi connectivity index (χ1n) is 12.7. The van der Waals surface area contributed by atoms with Crippen LogP contribution in [0.25, 0.3) is 38.4 Å². The van der Waals surface area contributed by atoms with E-state index < -0.39 is 9.84 Å². The van der Waals surface area contributed by atoms with Gasteiger partial charge in [0, 0.05) is 24.9 Å². The maximum atomic E-state index is 13.9. The quantitative estimate of drug-likeness (QED) is 0.291. The van der Waals surface area contributed by atoms with Crippen molar-refractivity contribution in [1.82, 2.24) is 9.55 Å². The molecule has 1 aliphatic rings. The van der Waals surface area contributed by atoms with Gasteiger partial charge in [0.2, 0.25) is 0 Å². The average Bonchev–Trinajstić information content (AvgIpc) is 3.39. The Morgan fingerprint density at radius 3 is 2.38 bits per heavy atom. The standard InChI is InChI=1S/C30H27N3O4S2/c1-20-6-5-7-22(18-20)33-28(31-26-9-4-3-8-24(26)29(33)34)27-19-25(30(38-27)32-14-16-37-17-15-32)21-10-12-23(13-11-21)39(2,35)36/h3-13,18-19H,14-17H2,1-2H3. The Hall–Kier alpha value is -3.79. The van der Waals surface area contributed by atoms with E-state index in [2.05, 4.69) is 11.0 Å². The van der Waals surface area contributed by atoms with E-state index in [9.17, 15) is 13.2 Å². The molecule has 6 rings (SSSR count). The van der Waals surface area contributed by atoms with Crippen LogP contribution in [0.2, 0.25) is 0 Å². The van der Waals surface area contributed by atoms with Crippen LogP contribution in [0.3, 0.4) is 0 Å². The summed E-state index contributed by atoms with van der Waals surface area (Å²) >= 11 is 1.58. The monoisotopic (exact) mass is 557 g/mol. The van der Waals surface area contributed by atoms with Crippen molar-refractivity contribution in [2.75, 3.05) is 37.5 Å². The molecule has 9 heteroatoms. The van der Waals surface area contributed by atoms with Crippen LogP contribution in [0.1, 0.15) is 5.56 Å². The topological polar surface area (TPSA) is 81.5 Å². The molecule has 0 saturated carbocycles. The van der Waals surface area contributed by atoms with E-state index in [1.165, 1.54) is 6.26 Å². The van der Waals surface area contributed by atoms with Crippen molar-refractivity contribution < 1.29 is 13.2 Å². The fraction of sp³-hybridized carbons (Fsp3) is 0.200. The number of para-hydroxylation sites is 1. The second-order valence-corrected chi connectivity index (χ2v) is 12.7. The Balaban J connectivity index is 1.59. The van der Waals surface area contributed by atoms with Crippen LogP contribution < -0.4 is 10.5 Å². The molecule has 3 heterocycles. The van der Waals surface area contributed by atoms with E-state index >= 15 is 0 Å². The number of aryl methyl sites for hydroxylation is 1. The maximum Gasteiger partial charge on any atom is 0.266 e. The Bertz CT molecular complexity index is 1850. The molecule has 0 unspecified atom stereocenters. The normalized spacial score (nSPS) is 14.2. The molecule has 3 aromatic carbocycles. The lowest BCUT2D eigenvalue weighted by molar-refractivity contribution is 0.123. The zero-order valence-electron chi connectivity index (χ0n) is 21.6. The summed E-state index contributed by atoms with van der Waals surface area (Å²) in [6.45, 7) is 4.74. The predicted octanol–water partition coefficient (Wildman–Crippen LogP) is 5.33. The minimum atomic E-state index is -3.31. The molecule has 0 N–H and O–H groups in total. The highest BCUT2D eigenvalue weighted by atomic mass is 32.2. The number of nitrogens with zero attached hydrogens (tertiary/aromatic N) is 3. The van der Waals surface area contributed by atoms with Gasteiger partial charge in [0.05, 0.1) is 44.6 Å². The molecule has 1 aliphatic heterocycles. The van der Waals surface area contributed by atoms with Crippen LogP contribution in [0.15, 0.2) is 88.6 Å². The lowest BCUT2D eigenvalue weighted by atomic mass is 10.1. The zero-order chi connectivity index (χ0) is 27.1. The number of ether oxygens (including phenoxy) is 1. The lowest BCUT2D eigenvalue weighted by Gasteiger charge is -2.28. The number of hydrogen-bond acceptors (Lipinski definition) is 7. The molecule has 0 amide bonds. The number of fused-ring (bicyclic) bond motifs is 1. The molecular weight excluding hydrogens is 530 g/mol. The van der Waals surface area contributed by atoms with Gasteiger partial charge >= 0.3 is 0 Å². The summed E-state index contributed by atoms with van der Waals surface area (Å²) in [5.41, 5.74) is 4.19. The highest BCUT2D eigenvalue weighted by Gasteiger charge is 2.23. The number of morpholine rings is 1. The van der Waals surface area contributed by atoms with Crippen molar-refractivity contribution in [3.05, 3.63) is 94.8 Å². The van der Waals surface area contributed by atoms with E-state index in [0.717, 1.165) is 45.3 Å². The zero-order valence-corrected chi connectivity index (χ0v) is 23.3. The number of sulfone groups is 1. The summed E-state index contributed by atoms with van der Waals surface area (Å²) in [5.74, 6) is 0.572. The summed E-state index contributed by atoms with van der Waals surface area (Å²) in [7, 11) is -3.31. The van der Waals surface area contributed by atoms with Crippen LogP contribution in [-0.4, -0.2) is 50.5 Å². The number of anilines is 1. The summed E-state index contributed by atoms with van der Waals surface area (Å²) in [6, 6.07) is 24.3. The minimum absolute atomic E-state index is 0.124. The molecule has 0 aliphatic carbocycles. The Morgan fingerprint density at radius 1 is 0.923 bits per heavy atom. The molecule has 2 aromatic heterocycles. The van der Waals surface area contributed by atoms with Gasteiger partial charge in [0.15, 0.2) is 15.7 Å². The molecule has 0 bridgehead atoms. The van der Waals surface area contributed by atoms with Gasteiger partial charge in [0.1, 0.15) is 0 Å². The first kappa shape index (κ1) is 25.5. The molecular formula is C30H27N3O4S2. The highest BCUT2D eigenvalue weighted by Crippen LogP contribution is 2.43. The van der Waals surface area contributed by atoms with Gasteiger partial charge in [-0.1, -0.05) is 36.4 Å². The van der Waals surface area contributed by atoms with Crippen molar-refractivity contribution >= 4 is 37.1 Å². The number of benzene rings is 3. The summed E-state index contributed by atoms with van der Waals surface area (Å²) in [6.07, 6.45) is 1.21. The number of hydrogen-bond donors (Lipinski definition) is 0. The van der Waals surface area contributed by atoms with Crippen molar-refractivity contribution in [2.45, 2.75) is 11.8 Å². The number of aromatic nitrogens is 2. The van der Waals surface area contributed by atoms with Gasteiger partial charge in [-0.3, -0.25) is 9.36 Å². The van der Waals surface area contributed by atoms with Gasteiger partial charge in [-0.25, -0.2) is 13.4 Å². The van der Waals surface area contributed by atoms with E-state index in [1.807, 2.05) is 67.6 Å². The number of rotatable bonds is 5. The van der Waals surface area contributed by atoms with E-state index in [-0.39, 0.29) is 10.5 Å². The van der Waals surface area contributed by atoms with Crippen LogP contribution in [-0.2, 0) is 14.6 Å². The fourth-order valence-electron chi connectivity index (χ4n) is 4.89. The van der Waals surface area contributed by atoms with E-state index in [0.29, 0.717) is 29.9 Å². The van der Waals surface area contributed by atoms with Crippen molar-refractivity contribution in [1.29, 1.82) is 0 Å². The second-order valence-electron chi connectivity index (χ2n) is 9.66. The number of thiophene rings is 1. The largest absolute Gasteiger partial charge is 0.378 e. The van der Waals surface area contributed by atoms with Gasteiger partial charge in [0.25, 0.3) is 5.56 Å². The molecule has 0 spiro atoms. The highest BCUT2D eigenvalue weighted by molar-refractivity contribution is 7.90.